The number of ether oxygens (including phenoxy) is 1. The highest BCUT2D eigenvalue weighted by Gasteiger charge is 2.29. The first-order valence-electron chi connectivity index (χ1n) is 10.2. The van der Waals surface area contributed by atoms with Crippen LogP contribution < -0.4 is 15.0 Å². The number of piperazine rings is 1. The lowest BCUT2D eigenvalue weighted by Crippen LogP contribution is -2.49. The van der Waals surface area contributed by atoms with Gasteiger partial charge in [-0.3, -0.25) is 0 Å². The van der Waals surface area contributed by atoms with Crippen molar-refractivity contribution in [3.8, 4) is 5.75 Å². The van der Waals surface area contributed by atoms with Gasteiger partial charge in [-0.2, -0.15) is 9.29 Å². The van der Waals surface area contributed by atoms with Crippen molar-refractivity contribution in [3.05, 3.63) is 54.0 Å². The molecule has 0 atom stereocenters. The molecule has 10 nitrogen and oxygen atoms in total. The Balaban J connectivity index is 1.45. The van der Waals surface area contributed by atoms with E-state index in [1.807, 2.05) is 24.8 Å². The normalized spacial score (nSPS) is 14.9. The molecule has 0 unspecified atom stereocenters. The third-order valence-corrected chi connectivity index (χ3v) is 6.99. The number of sulfonamides is 1. The third kappa shape index (κ3) is 4.78. The highest BCUT2D eigenvalue weighted by atomic mass is 32.2. The van der Waals surface area contributed by atoms with E-state index < -0.39 is 10.0 Å². The number of aromatic nitrogens is 4. The average Bonchev–Trinajstić information content (AvgIpc) is 2.80. The summed E-state index contributed by atoms with van der Waals surface area (Å²) in [4.78, 5) is 19.8. The predicted octanol–water partition coefficient (Wildman–Crippen LogP) is 2.15. The molecule has 0 saturated carbocycles. The molecule has 1 aliphatic heterocycles. The van der Waals surface area contributed by atoms with E-state index in [0.717, 1.165) is 11.3 Å². The number of nitrogens with zero attached hydrogens (tertiary/aromatic N) is 6. The van der Waals surface area contributed by atoms with Gasteiger partial charge in [0, 0.05) is 50.3 Å². The van der Waals surface area contributed by atoms with E-state index in [2.05, 4.69) is 25.3 Å². The second-order valence-electron chi connectivity index (χ2n) is 7.47. The fourth-order valence-corrected chi connectivity index (χ4v) is 4.78. The molecule has 4 rings (SSSR count). The lowest BCUT2D eigenvalue weighted by atomic mass is 10.3. The van der Waals surface area contributed by atoms with Gasteiger partial charge in [0.05, 0.1) is 12.0 Å². The van der Waals surface area contributed by atoms with E-state index in [9.17, 15) is 8.42 Å². The summed E-state index contributed by atoms with van der Waals surface area (Å²) >= 11 is 0. The molecule has 0 bridgehead atoms. The molecule has 0 aliphatic carbocycles. The molecule has 1 N–H and O–H groups in total. The molecule has 11 heteroatoms. The second kappa shape index (κ2) is 9.05. The number of hydrogen-bond donors (Lipinski definition) is 1. The average molecular weight is 456 g/mol. The number of methoxy groups -OCH3 is 1. The molecule has 1 aromatic carbocycles. The summed E-state index contributed by atoms with van der Waals surface area (Å²) < 4.78 is 32.6. The van der Waals surface area contributed by atoms with Crippen LogP contribution in [0.15, 0.2) is 47.6 Å². The van der Waals surface area contributed by atoms with Crippen LogP contribution >= 0.6 is 0 Å². The molecule has 0 spiro atoms. The van der Waals surface area contributed by atoms with Gasteiger partial charge in [-0.05, 0) is 43.7 Å². The van der Waals surface area contributed by atoms with Crippen LogP contribution in [0.1, 0.15) is 11.3 Å². The second-order valence-corrected chi connectivity index (χ2v) is 9.41. The van der Waals surface area contributed by atoms with Crippen molar-refractivity contribution in [1.29, 1.82) is 0 Å². The summed E-state index contributed by atoms with van der Waals surface area (Å²) in [6.45, 7) is 5.46. The Morgan fingerprint density at radius 1 is 0.969 bits per heavy atom. The number of benzene rings is 1. The number of anilines is 3. The van der Waals surface area contributed by atoms with Crippen LogP contribution in [0.3, 0.4) is 0 Å². The van der Waals surface area contributed by atoms with Gasteiger partial charge in [0.1, 0.15) is 11.6 Å². The molecule has 2 aromatic heterocycles. The standard InChI is InChI=1S/C21H25N7O3S/c1-15-13-22-20(23-14-15)25-19-12-16(2)24-21(26-19)27-8-10-28(11-9-27)32(29,30)18-6-4-17(31-3)5-7-18/h4-7,12-14H,8-11H2,1-3H3,(H,22,23,24,25,26). The lowest BCUT2D eigenvalue weighted by Gasteiger charge is -2.34. The van der Waals surface area contributed by atoms with Gasteiger partial charge < -0.3 is 15.0 Å². The SMILES string of the molecule is COc1ccc(S(=O)(=O)N2CCN(c3nc(C)cc(Nc4ncc(C)cn4)n3)CC2)cc1. The molecule has 0 amide bonds. The number of nitrogens with one attached hydrogen (secondary N) is 1. The van der Waals surface area contributed by atoms with E-state index in [1.165, 1.54) is 4.31 Å². The molecule has 168 valence electrons. The van der Waals surface area contributed by atoms with Gasteiger partial charge in [-0.1, -0.05) is 0 Å². The first kappa shape index (κ1) is 21.9. The van der Waals surface area contributed by atoms with Gasteiger partial charge in [0.15, 0.2) is 0 Å². The maximum atomic E-state index is 13.0. The molecular formula is C21H25N7O3S. The van der Waals surface area contributed by atoms with Gasteiger partial charge >= 0.3 is 0 Å². The molecular weight excluding hydrogens is 430 g/mol. The monoisotopic (exact) mass is 455 g/mol. The van der Waals surface area contributed by atoms with Crippen LogP contribution in [-0.2, 0) is 10.0 Å². The smallest absolute Gasteiger partial charge is 0.243 e. The maximum Gasteiger partial charge on any atom is 0.243 e. The van der Waals surface area contributed by atoms with E-state index >= 15 is 0 Å². The van der Waals surface area contributed by atoms with Gasteiger partial charge in [-0.15, -0.1) is 0 Å². The van der Waals surface area contributed by atoms with Crippen molar-refractivity contribution in [2.75, 3.05) is 43.5 Å². The Morgan fingerprint density at radius 3 is 2.25 bits per heavy atom. The van der Waals surface area contributed by atoms with Crippen molar-refractivity contribution in [2.45, 2.75) is 18.7 Å². The van der Waals surface area contributed by atoms with Crippen LogP contribution in [0.5, 0.6) is 5.75 Å². The quantitative estimate of drug-likeness (QED) is 0.597. The van der Waals surface area contributed by atoms with Crippen LogP contribution in [0.2, 0.25) is 0 Å². The zero-order valence-corrected chi connectivity index (χ0v) is 19.0. The summed E-state index contributed by atoms with van der Waals surface area (Å²) in [5, 5.41) is 3.10. The Morgan fingerprint density at radius 2 is 1.62 bits per heavy atom. The number of aryl methyl sites for hydroxylation is 2. The van der Waals surface area contributed by atoms with Gasteiger partial charge in [-0.25, -0.2) is 23.4 Å². The fraction of sp³-hybridized carbons (Fsp3) is 0.333. The zero-order chi connectivity index (χ0) is 22.7. The van der Waals surface area contributed by atoms with Crippen molar-refractivity contribution in [2.24, 2.45) is 0 Å². The minimum Gasteiger partial charge on any atom is -0.497 e. The molecule has 1 saturated heterocycles. The molecule has 3 heterocycles. The Bertz CT molecular complexity index is 1180. The van der Waals surface area contributed by atoms with Gasteiger partial charge in [0.2, 0.25) is 21.9 Å². The molecule has 32 heavy (non-hydrogen) atoms. The van der Waals surface area contributed by atoms with E-state index in [1.54, 1.807) is 43.8 Å². The van der Waals surface area contributed by atoms with Crippen molar-refractivity contribution in [3.63, 3.8) is 0 Å². The molecule has 3 aromatic rings. The maximum absolute atomic E-state index is 13.0. The minimum absolute atomic E-state index is 0.253. The highest BCUT2D eigenvalue weighted by molar-refractivity contribution is 7.89. The first-order chi connectivity index (χ1) is 15.3. The largest absolute Gasteiger partial charge is 0.497 e. The summed E-state index contributed by atoms with van der Waals surface area (Å²) in [6, 6.07) is 8.24. The van der Waals surface area contributed by atoms with E-state index in [4.69, 9.17) is 4.74 Å². The van der Waals surface area contributed by atoms with Crippen molar-refractivity contribution in [1.82, 2.24) is 24.2 Å². The number of rotatable bonds is 6. The van der Waals surface area contributed by atoms with Crippen molar-refractivity contribution < 1.29 is 13.2 Å². The van der Waals surface area contributed by atoms with Crippen LogP contribution in [0.4, 0.5) is 17.7 Å². The topological polar surface area (TPSA) is 113 Å². The lowest BCUT2D eigenvalue weighted by molar-refractivity contribution is 0.382. The van der Waals surface area contributed by atoms with Crippen LogP contribution in [0, 0.1) is 13.8 Å². The Kier molecular flexibility index (Phi) is 6.19. The molecule has 0 radical (unpaired) electrons. The van der Waals surface area contributed by atoms with E-state index in [-0.39, 0.29) is 4.90 Å². The Labute approximate surface area is 187 Å². The zero-order valence-electron chi connectivity index (χ0n) is 18.2. The summed E-state index contributed by atoms with van der Waals surface area (Å²) in [7, 11) is -2.03. The van der Waals surface area contributed by atoms with E-state index in [0.29, 0.717) is 49.6 Å². The van der Waals surface area contributed by atoms with Gasteiger partial charge in [0.25, 0.3) is 0 Å². The summed E-state index contributed by atoms with van der Waals surface area (Å²) in [5.41, 5.74) is 1.76. The first-order valence-corrected chi connectivity index (χ1v) is 11.6. The number of hydrogen-bond acceptors (Lipinski definition) is 9. The molecule has 1 aliphatic rings. The predicted molar refractivity (Wildman–Crippen MR) is 121 cm³/mol. The minimum atomic E-state index is -3.57. The summed E-state index contributed by atoms with van der Waals surface area (Å²) in [6.07, 6.45) is 3.46. The fourth-order valence-electron chi connectivity index (χ4n) is 3.36. The molecule has 1 fully saturated rings. The van der Waals surface area contributed by atoms with Crippen LogP contribution in [-0.4, -0.2) is 65.9 Å². The highest BCUT2D eigenvalue weighted by Crippen LogP contribution is 2.23. The third-order valence-electron chi connectivity index (χ3n) is 5.08. The Hall–Kier alpha value is -3.31. The summed E-state index contributed by atoms with van der Waals surface area (Å²) in [5.74, 6) is 2.20. The van der Waals surface area contributed by atoms with Crippen molar-refractivity contribution >= 4 is 27.7 Å². The van der Waals surface area contributed by atoms with Crippen LogP contribution in [0.25, 0.3) is 0 Å².